The third-order valence-corrected chi connectivity index (χ3v) is 3.58. The second-order valence-corrected chi connectivity index (χ2v) is 4.73. The third kappa shape index (κ3) is 4.14. The number of hydrogen-bond donors (Lipinski definition) is 1. The van der Waals surface area contributed by atoms with Gasteiger partial charge in [-0.15, -0.1) is 0 Å². The molecule has 0 radical (unpaired) electrons. The Labute approximate surface area is 69.8 Å². The maximum Gasteiger partial charge on any atom is 0.230 e. The zero-order chi connectivity index (χ0) is 9.02. The fraction of sp³-hybridized carbons (Fsp3) is 0.857. The van der Waals surface area contributed by atoms with E-state index in [0.29, 0.717) is 5.92 Å². The summed E-state index contributed by atoms with van der Waals surface area (Å²) in [5, 5.41) is 0.0440. The van der Waals surface area contributed by atoms with Crippen molar-refractivity contribution in [2.75, 3.05) is 5.75 Å². The molecule has 4 heteroatoms. The van der Waals surface area contributed by atoms with E-state index in [1.54, 1.807) is 0 Å². The minimum Gasteiger partial charge on any atom is -0.369 e. The highest BCUT2D eigenvalue weighted by Crippen LogP contribution is 2.07. The summed E-state index contributed by atoms with van der Waals surface area (Å²) in [6.07, 6.45) is 0. The van der Waals surface area contributed by atoms with Gasteiger partial charge in [0.2, 0.25) is 5.91 Å². The van der Waals surface area contributed by atoms with E-state index in [-0.39, 0.29) is 11.0 Å². The summed E-state index contributed by atoms with van der Waals surface area (Å²) in [6.45, 7) is 5.82. The number of carbonyl (C=O) groups excluding carboxylic acids is 1. The Morgan fingerprint density at radius 3 is 2.18 bits per heavy atom. The number of hydrogen-bond acceptors (Lipinski definition) is 2. The van der Waals surface area contributed by atoms with Gasteiger partial charge < -0.3 is 5.73 Å². The van der Waals surface area contributed by atoms with Crippen molar-refractivity contribution in [1.29, 1.82) is 0 Å². The van der Waals surface area contributed by atoms with E-state index < -0.39 is 16.7 Å². The van der Waals surface area contributed by atoms with Crippen molar-refractivity contribution in [3.8, 4) is 0 Å². The average molecular weight is 177 g/mol. The van der Waals surface area contributed by atoms with E-state index in [1.165, 1.54) is 0 Å². The standard InChI is InChI=1S/C7H15NO2S/c1-5(2)6(3)11(10)4-7(8)9/h5-6H,4H2,1-3H3,(H2,8,9). The van der Waals surface area contributed by atoms with Gasteiger partial charge in [-0.05, 0) is 5.92 Å². The SMILES string of the molecule is CC(C)C(C)S(=O)CC(N)=O. The molecule has 66 valence electrons. The molecule has 0 aromatic carbocycles. The van der Waals surface area contributed by atoms with E-state index in [1.807, 2.05) is 20.8 Å². The summed E-state index contributed by atoms with van der Waals surface area (Å²) in [5.41, 5.74) is 4.90. The lowest BCUT2D eigenvalue weighted by Gasteiger charge is -2.13. The van der Waals surface area contributed by atoms with Crippen LogP contribution in [0.25, 0.3) is 0 Å². The quantitative estimate of drug-likeness (QED) is 0.670. The third-order valence-electron chi connectivity index (χ3n) is 1.64. The molecule has 0 fully saturated rings. The van der Waals surface area contributed by atoms with Crippen LogP contribution in [0.2, 0.25) is 0 Å². The predicted molar refractivity (Wildman–Crippen MR) is 46.5 cm³/mol. The van der Waals surface area contributed by atoms with Crippen LogP contribution in [0.3, 0.4) is 0 Å². The summed E-state index contributed by atoms with van der Waals surface area (Å²) in [4.78, 5) is 10.4. The van der Waals surface area contributed by atoms with Gasteiger partial charge >= 0.3 is 0 Å². The average Bonchev–Trinajstić information content (AvgIpc) is 1.84. The Bertz CT molecular complexity index is 168. The van der Waals surface area contributed by atoms with Gasteiger partial charge in [0.15, 0.2) is 0 Å². The van der Waals surface area contributed by atoms with Crippen molar-refractivity contribution in [2.45, 2.75) is 26.0 Å². The maximum absolute atomic E-state index is 11.2. The number of primary amides is 1. The van der Waals surface area contributed by atoms with Crippen molar-refractivity contribution in [2.24, 2.45) is 11.7 Å². The van der Waals surface area contributed by atoms with Crippen LogP contribution >= 0.6 is 0 Å². The lowest BCUT2D eigenvalue weighted by molar-refractivity contribution is -0.115. The maximum atomic E-state index is 11.2. The van der Waals surface area contributed by atoms with E-state index in [9.17, 15) is 9.00 Å². The highest BCUT2D eigenvalue weighted by atomic mass is 32.2. The van der Waals surface area contributed by atoms with Gasteiger partial charge in [0.1, 0.15) is 5.75 Å². The highest BCUT2D eigenvalue weighted by Gasteiger charge is 2.16. The van der Waals surface area contributed by atoms with E-state index >= 15 is 0 Å². The fourth-order valence-electron chi connectivity index (χ4n) is 0.575. The number of carbonyl (C=O) groups is 1. The first-order chi connectivity index (χ1) is 4.95. The minimum atomic E-state index is -1.10. The summed E-state index contributed by atoms with van der Waals surface area (Å²) in [6, 6.07) is 0. The van der Waals surface area contributed by atoms with Gasteiger partial charge in [0.05, 0.1) is 0 Å². The molecule has 0 spiro atoms. The summed E-state index contributed by atoms with van der Waals surface area (Å²) < 4.78 is 11.2. The van der Waals surface area contributed by atoms with Gasteiger partial charge in [0, 0.05) is 16.0 Å². The molecule has 0 bridgehead atoms. The van der Waals surface area contributed by atoms with Gasteiger partial charge in [-0.2, -0.15) is 0 Å². The topological polar surface area (TPSA) is 60.2 Å². The molecule has 0 heterocycles. The largest absolute Gasteiger partial charge is 0.369 e. The Kier molecular flexibility index (Phi) is 4.33. The molecule has 0 saturated heterocycles. The molecule has 2 N–H and O–H groups in total. The summed E-state index contributed by atoms with van der Waals surface area (Å²) >= 11 is 0. The lowest BCUT2D eigenvalue weighted by Crippen LogP contribution is -2.27. The monoisotopic (exact) mass is 177 g/mol. The second kappa shape index (κ2) is 4.49. The Morgan fingerprint density at radius 1 is 1.45 bits per heavy atom. The number of nitrogens with two attached hydrogens (primary N) is 1. The van der Waals surface area contributed by atoms with Crippen LogP contribution in [0.5, 0.6) is 0 Å². The molecule has 11 heavy (non-hydrogen) atoms. The van der Waals surface area contributed by atoms with Crippen LogP contribution in [0.1, 0.15) is 20.8 Å². The van der Waals surface area contributed by atoms with Crippen LogP contribution in [-0.4, -0.2) is 21.1 Å². The molecule has 2 unspecified atom stereocenters. The molecule has 0 aliphatic rings. The molecule has 0 aliphatic carbocycles. The van der Waals surface area contributed by atoms with E-state index in [2.05, 4.69) is 0 Å². The second-order valence-electron chi connectivity index (χ2n) is 2.94. The predicted octanol–water partition coefficient (Wildman–Crippen LogP) is 0.265. The van der Waals surface area contributed by atoms with Crippen molar-refractivity contribution < 1.29 is 9.00 Å². The van der Waals surface area contributed by atoms with Crippen LogP contribution in [0, 0.1) is 5.92 Å². The van der Waals surface area contributed by atoms with Crippen LogP contribution in [-0.2, 0) is 15.6 Å². The molecule has 2 atom stereocenters. The summed E-state index contributed by atoms with van der Waals surface area (Å²) in [7, 11) is -1.10. The molecule has 3 nitrogen and oxygen atoms in total. The first kappa shape index (κ1) is 10.6. The van der Waals surface area contributed by atoms with Crippen LogP contribution in [0.4, 0.5) is 0 Å². The van der Waals surface area contributed by atoms with Crippen molar-refractivity contribution >= 4 is 16.7 Å². The minimum absolute atomic E-state index is 0.0145. The molecule has 1 amide bonds. The molecular weight excluding hydrogens is 162 g/mol. The first-order valence-electron chi connectivity index (χ1n) is 3.60. The highest BCUT2D eigenvalue weighted by molar-refractivity contribution is 7.86. The first-order valence-corrected chi connectivity index (χ1v) is 4.98. The normalized spacial score (nSPS) is 16.4. The molecule has 0 aromatic rings. The zero-order valence-electron chi connectivity index (χ0n) is 7.16. The number of rotatable bonds is 4. The van der Waals surface area contributed by atoms with Crippen LogP contribution < -0.4 is 5.73 Å². The van der Waals surface area contributed by atoms with Gasteiger partial charge in [-0.1, -0.05) is 20.8 Å². The smallest absolute Gasteiger partial charge is 0.230 e. The number of amides is 1. The molecule has 0 rings (SSSR count). The van der Waals surface area contributed by atoms with E-state index in [4.69, 9.17) is 5.73 Å². The zero-order valence-corrected chi connectivity index (χ0v) is 7.98. The van der Waals surface area contributed by atoms with Crippen molar-refractivity contribution in [3.63, 3.8) is 0 Å². The van der Waals surface area contributed by atoms with Gasteiger partial charge in [0.25, 0.3) is 0 Å². The molecule has 0 aliphatic heterocycles. The van der Waals surface area contributed by atoms with Gasteiger partial charge in [-0.3, -0.25) is 9.00 Å². The summed E-state index contributed by atoms with van der Waals surface area (Å²) in [5.74, 6) is -0.176. The van der Waals surface area contributed by atoms with Crippen LogP contribution in [0.15, 0.2) is 0 Å². The molecular formula is C7H15NO2S. The van der Waals surface area contributed by atoms with Gasteiger partial charge in [-0.25, -0.2) is 0 Å². The molecule has 0 saturated carbocycles. The fourth-order valence-corrected chi connectivity index (χ4v) is 1.73. The van der Waals surface area contributed by atoms with Crippen molar-refractivity contribution in [1.82, 2.24) is 0 Å². The molecule has 0 aromatic heterocycles. The Hall–Kier alpha value is -0.380. The Morgan fingerprint density at radius 2 is 1.91 bits per heavy atom. The van der Waals surface area contributed by atoms with E-state index in [0.717, 1.165) is 0 Å². The lowest BCUT2D eigenvalue weighted by atomic mass is 10.2. The Balaban J connectivity index is 3.93. The van der Waals surface area contributed by atoms with Crippen molar-refractivity contribution in [3.05, 3.63) is 0 Å².